The maximum Gasteiger partial charge on any atom is 0.268 e. The highest BCUT2D eigenvalue weighted by molar-refractivity contribution is 5.77. The summed E-state index contributed by atoms with van der Waals surface area (Å²) in [5.41, 5.74) is 0.658. The van der Waals surface area contributed by atoms with Gasteiger partial charge < -0.3 is 15.0 Å². The second kappa shape index (κ2) is 7.99. The number of aryl methyl sites for hydroxylation is 1. The molecule has 1 aromatic carbocycles. The van der Waals surface area contributed by atoms with Crippen LogP contribution in [-0.4, -0.2) is 41.9 Å². The Labute approximate surface area is 150 Å². The van der Waals surface area contributed by atoms with Crippen LogP contribution in [0, 0.1) is 11.7 Å². The minimum atomic E-state index is -0.404. The Hall–Kier alpha value is -2.90. The van der Waals surface area contributed by atoms with Crippen molar-refractivity contribution in [2.45, 2.75) is 6.42 Å². The SMILES string of the molecule is Cn1ncc(N2CC[C@@H](CNC(=O)COc3cccc(F)c3)C2)cc1=O. The zero-order chi connectivity index (χ0) is 18.5. The van der Waals surface area contributed by atoms with Crippen LogP contribution in [0.3, 0.4) is 0 Å². The summed E-state index contributed by atoms with van der Waals surface area (Å²) < 4.78 is 19.6. The molecule has 1 saturated heterocycles. The fraction of sp³-hybridized carbons (Fsp3) is 0.389. The number of nitrogens with zero attached hydrogens (tertiary/aromatic N) is 3. The van der Waals surface area contributed by atoms with Crippen LogP contribution >= 0.6 is 0 Å². The number of aromatic nitrogens is 2. The predicted octanol–water partition coefficient (Wildman–Crippen LogP) is 0.941. The second-order valence-electron chi connectivity index (χ2n) is 6.33. The summed E-state index contributed by atoms with van der Waals surface area (Å²) in [6, 6.07) is 7.25. The summed E-state index contributed by atoms with van der Waals surface area (Å²) in [5.74, 6) is -0.0373. The maximum absolute atomic E-state index is 13.1. The van der Waals surface area contributed by atoms with E-state index in [4.69, 9.17) is 4.74 Å². The third-order valence-corrected chi connectivity index (χ3v) is 4.36. The van der Waals surface area contributed by atoms with Gasteiger partial charge >= 0.3 is 0 Å². The quantitative estimate of drug-likeness (QED) is 0.830. The first kappa shape index (κ1) is 17.9. The van der Waals surface area contributed by atoms with Gasteiger partial charge in [-0.1, -0.05) is 6.07 Å². The van der Waals surface area contributed by atoms with Crippen molar-refractivity contribution in [2.24, 2.45) is 13.0 Å². The second-order valence-corrected chi connectivity index (χ2v) is 6.33. The number of hydrogen-bond donors (Lipinski definition) is 1. The van der Waals surface area contributed by atoms with Crippen LogP contribution in [0.2, 0.25) is 0 Å². The summed E-state index contributed by atoms with van der Waals surface area (Å²) >= 11 is 0. The molecular weight excluding hydrogens is 339 g/mol. The van der Waals surface area contributed by atoms with Crippen molar-refractivity contribution in [3.05, 3.63) is 52.7 Å². The normalized spacial score (nSPS) is 16.5. The average Bonchev–Trinajstić information content (AvgIpc) is 3.09. The van der Waals surface area contributed by atoms with Crippen molar-refractivity contribution in [2.75, 3.05) is 31.1 Å². The van der Waals surface area contributed by atoms with Crippen molar-refractivity contribution in [3.8, 4) is 5.75 Å². The minimum absolute atomic E-state index is 0.145. The van der Waals surface area contributed by atoms with E-state index in [1.807, 2.05) is 0 Å². The van der Waals surface area contributed by atoms with E-state index >= 15 is 0 Å². The van der Waals surface area contributed by atoms with E-state index in [0.717, 1.165) is 25.2 Å². The molecule has 0 aliphatic carbocycles. The number of hydrogen-bond acceptors (Lipinski definition) is 5. The molecule has 1 amide bonds. The maximum atomic E-state index is 13.1. The molecule has 1 aliphatic heterocycles. The van der Waals surface area contributed by atoms with E-state index in [2.05, 4.69) is 15.3 Å². The molecule has 0 radical (unpaired) electrons. The van der Waals surface area contributed by atoms with Crippen molar-refractivity contribution in [3.63, 3.8) is 0 Å². The number of nitrogens with one attached hydrogen (secondary N) is 1. The Morgan fingerprint density at radius 2 is 2.27 bits per heavy atom. The van der Waals surface area contributed by atoms with E-state index in [9.17, 15) is 14.0 Å². The number of amides is 1. The number of rotatable bonds is 6. The zero-order valence-electron chi connectivity index (χ0n) is 14.5. The molecule has 0 unspecified atom stereocenters. The molecule has 1 N–H and O–H groups in total. The van der Waals surface area contributed by atoms with Gasteiger partial charge in [-0.05, 0) is 24.5 Å². The molecule has 1 aliphatic rings. The van der Waals surface area contributed by atoms with Crippen LogP contribution in [-0.2, 0) is 11.8 Å². The summed E-state index contributed by atoms with van der Waals surface area (Å²) in [7, 11) is 1.61. The molecule has 8 heteroatoms. The Kier molecular flexibility index (Phi) is 5.50. The van der Waals surface area contributed by atoms with Crippen molar-refractivity contribution in [1.82, 2.24) is 15.1 Å². The predicted molar refractivity (Wildman–Crippen MR) is 94.7 cm³/mol. The van der Waals surface area contributed by atoms with E-state index in [1.165, 1.54) is 22.9 Å². The molecule has 2 aromatic rings. The molecule has 7 nitrogen and oxygen atoms in total. The van der Waals surface area contributed by atoms with Gasteiger partial charge in [0.2, 0.25) is 0 Å². The highest BCUT2D eigenvalue weighted by Gasteiger charge is 2.23. The van der Waals surface area contributed by atoms with Gasteiger partial charge in [-0.25, -0.2) is 9.07 Å². The van der Waals surface area contributed by atoms with Gasteiger partial charge in [-0.3, -0.25) is 9.59 Å². The van der Waals surface area contributed by atoms with Crippen molar-refractivity contribution < 1.29 is 13.9 Å². The third-order valence-electron chi connectivity index (χ3n) is 4.36. The number of ether oxygens (including phenoxy) is 1. The molecule has 2 heterocycles. The summed E-state index contributed by atoms with van der Waals surface area (Å²) in [4.78, 5) is 25.7. The summed E-state index contributed by atoms with van der Waals surface area (Å²) in [6.45, 7) is 1.94. The van der Waals surface area contributed by atoms with E-state index in [0.29, 0.717) is 12.3 Å². The first-order chi connectivity index (χ1) is 12.5. The van der Waals surface area contributed by atoms with Gasteiger partial charge in [0.15, 0.2) is 6.61 Å². The highest BCUT2D eigenvalue weighted by atomic mass is 19.1. The van der Waals surface area contributed by atoms with Gasteiger partial charge in [0.05, 0.1) is 11.9 Å². The van der Waals surface area contributed by atoms with Crippen LogP contribution in [0.5, 0.6) is 5.75 Å². The van der Waals surface area contributed by atoms with E-state index < -0.39 is 5.82 Å². The molecule has 1 fully saturated rings. The lowest BCUT2D eigenvalue weighted by atomic mass is 10.1. The van der Waals surface area contributed by atoms with Gasteiger partial charge in [-0.2, -0.15) is 5.10 Å². The Morgan fingerprint density at radius 1 is 1.42 bits per heavy atom. The molecule has 1 atom stereocenters. The smallest absolute Gasteiger partial charge is 0.268 e. The molecule has 3 rings (SSSR count). The number of halogens is 1. The first-order valence-corrected chi connectivity index (χ1v) is 8.44. The topological polar surface area (TPSA) is 76.5 Å². The number of anilines is 1. The monoisotopic (exact) mass is 360 g/mol. The minimum Gasteiger partial charge on any atom is -0.484 e. The van der Waals surface area contributed by atoms with Gasteiger partial charge in [-0.15, -0.1) is 0 Å². The standard InChI is InChI=1S/C18H21FN4O3/c1-22-18(25)8-15(10-21-22)23-6-5-13(11-23)9-20-17(24)12-26-16-4-2-3-14(19)7-16/h2-4,7-8,10,13H,5-6,9,11-12H2,1H3,(H,20,24)/t13-/m0/s1. The fourth-order valence-corrected chi connectivity index (χ4v) is 2.88. The number of carbonyl (C=O) groups is 1. The van der Waals surface area contributed by atoms with Gasteiger partial charge in [0.1, 0.15) is 11.6 Å². The van der Waals surface area contributed by atoms with Gasteiger partial charge in [0, 0.05) is 38.8 Å². The summed E-state index contributed by atoms with van der Waals surface area (Å²) in [5, 5.41) is 6.87. The molecule has 1 aromatic heterocycles. The highest BCUT2D eigenvalue weighted by Crippen LogP contribution is 2.21. The largest absolute Gasteiger partial charge is 0.484 e. The van der Waals surface area contributed by atoms with Crippen molar-refractivity contribution >= 4 is 11.6 Å². The molecule has 0 spiro atoms. The van der Waals surface area contributed by atoms with E-state index in [1.54, 1.807) is 25.4 Å². The molecule has 0 bridgehead atoms. The lowest BCUT2D eigenvalue weighted by Gasteiger charge is -2.18. The Bertz CT molecular complexity index is 839. The third kappa shape index (κ3) is 4.59. The fourth-order valence-electron chi connectivity index (χ4n) is 2.88. The van der Waals surface area contributed by atoms with Crippen LogP contribution in [0.4, 0.5) is 10.1 Å². The number of benzene rings is 1. The van der Waals surface area contributed by atoms with E-state index in [-0.39, 0.29) is 24.0 Å². The molecule has 26 heavy (non-hydrogen) atoms. The van der Waals surface area contributed by atoms with Crippen LogP contribution in [0.1, 0.15) is 6.42 Å². The summed E-state index contributed by atoms with van der Waals surface area (Å²) in [6.07, 6.45) is 2.59. The van der Waals surface area contributed by atoms with Crippen LogP contribution in [0.15, 0.2) is 41.3 Å². The lowest BCUT2D eigenvalue weighted by Crippen LogP contribution is -2.34. The van der Waals surface area contributed by atoms with Crippen LogP contribution < -0.4 is 20.5 Å². The van der Waals surface area contributed by atoms with Crippen molar-refractivity contribution in [1.29, 1.82) is 0 Å². The molecule has 138 valence electrons. The first-order valence-electron chi connectivity index (χ1n) is 8.44. The Balaban J connectivity index is 1.43. The number of carbonyl (C=O) groups excluding carboxylic acids is 1. The average molecular weight is 360 g/mol. The molecule has 0 saturated carbocycles. The van der Waals surface area contributed by atoms with Gasteiger partial charge in [0.25, 0.3) is 11.5 Å². The lowest BCUT2D eigenvalue weighted by molar-refractivity contribution is -0.123. The van der Waals surface area contributed by atoms with Crippen LogP contribution in [0.25, 0.3) is 0 Å². The zero-order valence-corrected chi connectivity index (χ0v) is 14.5. The molecular formula is C18H21FN4O3. The Morgan fingerprint density at radius 3 is 3.04 bits per heavy atom.